The van der Waals surface area contributed by atoms with Gasteiger partial charge in [0.1, 0.15) is 5.75 Å². The van der Waals surface area contributed by atoms with E-state index in [9.17, 15) is 4.79 Å². The lowest BCUT2D eigenvalue weighted by molar-refractivity contribution is -0.124. The van der Waals surface area contributed by atoms with Crippen LogP contribution in [0.3, 0.4) is 0 Å². The summed E-state index contributed by atoms with van der Waals surface area (Å²) >= 11 is 0. The zero-order chi connectivity index (χ0) is 18.5. The van der Waals surface area contributed by atoms with E-state index in [1.165, 1.54) is 6.08 Å². The van der Waals surface area contributed by atoms with E-state index in [0.717, 1.165) is 33.4 Å². The van der Waals surface area contributed by atoms with Crippen LogP contribution in [0.2, 0.25) is 0 Å². The molecule has 0 saturated carbocycles. The number of benzene rings is 2. The summed E-state index contributed by atoms with van der Waals surface area (Å²) in [5, 5.41) is 9.59. The van der Waals surface area contributed by atoms with Crippen LogP contribution in [0.5, 0.6) is 5.75 Å². The monoisotopic (exact) mass is 346 g/mol. The molecule has 0 radical (unpaired) electrons. The summed E-state index contributed by atoms with van der Waals surface area (Å²) in [5.74, 6) is 0.162. The lowest BCUT2D eigenvalue weighted by atomic mass is 9.95. The molecular formula is C21H18N2O3. The number of hydroxylamine groups is 1. The van der Waals surface area contributed by atoms with Crippen LogP contribution < -0.4 is 10.2 Å². The smallest absolute Gasteiger partial charge is 0.267 e. The predicted molar refractivity (Wildman–Crippen MR) is 102 cm³/mol. The summed E-state index contributed by atoms with van der Waals surface area (Å²) < 4.78 is 5.20. The number of hydrogen-bond donors (Lipinski definition) is 2. The SMILES string of the molecule is C=C(c1ccc(OC)cc1)c1cc(/C=C/C(=O)NO)nc2ccccc12. The Morgan fingerprint density at radius 3 is 2.62 bits per heavy atom. The lowest BCUT2D eigenvalue weighted by Gasteiger charge is -2.12. The minimum atomic E-state index is -0.615. The van der Waals surface area contributed by atoms with E-state index >= 15 is 0 Å². The first kappa shape index (κ1) is 17.4. The molecule has 0 aliphatic rings. The summed E-state index contributed by atoms with van der Waals surface area (Å²) in [7, 11) is 1.63. The Kier molecular flexibility index (Phi) is 5.10. The summed E-state index contributed by atoms with van der Waals surface area (Å²) in [6.45, 7) is 4.24. The van der Waals surface area contributed by atoms with Crippen molar-refractivity contribution in [3.8, 4) is 5.75 Å². The number of hydrogen-bond acceptors (Lipinski definition) is 4. The van der Waals surface area contributed by atoms with E-state index in [2.05, 4.69) is 11.6 Å². The molecule has 1 aromatic heterocycles. The first-order chi connectivity index (χ1) is 12.6. The van der Waals surface area contributed by atoms with Gasteiger partial charge in [-0.25, -0.2) is 10.5 Å². The van der Waals surface area contributed by atoms with Crippen LogP contribution in [0.1, 0.15) is 16.8 Å². The van der Waals surface area contributed by atoms with Gasteiger partial charge in [-0.2, -0.15) is 0 Å². The number of carbonyl (C=O) groups is 1. The number of para-hydroxylation sites is 1. The Morgan fingerprint density at radius 2 is 1.92 bits per heavy atom. The predicted octanol–water partition coefficient (Wildman–Crippen LogP) is 3.82. The number of pyridine rings is 1. The van der Waals surface area contributed by atoms with Crippen molar-refractivity contribution in [2.75, 3.05) is 7.11 Å². The maximum atomic E-state index is 11.2. The second kappa shape index (κ2) is 7.63. The van der Waals surface area contributed by atoms with Crippen molar-refractivity contribution in [2.45, 2.75) is 0 Å². The van der Waals surface area contributed by atoms with Crippen LogP contribution in [0.25, 0.3) is 22.6 Å². The highest BCUT2D eigenvalue weighted by atomic mass is 16.5. The van der Waals surface area contributed by atoms with Crippen molar-refractivity contribution < 1.29 is 14.7 Å². The van der Waals surface area contributed by atoms with Gasteiger partial charge < -0.3 is 4.74 Å². The van der Waals surface area contributed by atoms with E-state index < -0.39 is 5.91 Å². The molecule has 0 bridgehead atoms. The maximum Gasteiger partial charge on any atom is 0.267 e. The van der Waals surface area contributed by atoms with Crippen molar-refractivity contribution in [3.63, 3.8) is 0 Å². The first-order valence-corrected chi connectivity index (χ1v) is 7.98. The highest BCUT2D eigenvalue weighted by molar-refractivity contribution is 5.97. The highest BCUT2D eigenvalue weighted by Crippen LogP contribution is 2.30. The average molecular weight is 346 g/mol. The minimum absolute atomic E-state index is 0.594. The van der Waals surface area contributed by atoms with Crippen molar-refractivity contribution >= 4 is 28.5 Å². The van der Waals surface area contributed by atoms with E-state index in [-0.39, 0.29) is 0 Å². The summed E-state index contributed by atoms with van der Waals surface area (Å²) in [5.41, 5.74) is 5.68. The molecule has 130 valence electrons. The van der Waals surface area contributed by atoms with Crippen molar-refractivity contribution in [3.05, 3.63) is 84.1 Å². The average Bonchev–Trinajstić information content (AvgIpc) is 2.70. The molecule has 3 rings (SSSR count). The van der Waals surface area contributed by atoms with Gasteiger partial charge in [0.2, 0.25) is 0 Å². The second-order valence-corrected chi connectivity index (χ2v) is 5.63. The number of fused-ring (bicyclic) bond motifs is 1. The Labute approximate surface area is 151 Å². The zero-order valence-corrected chi connectivity index (χ0v) is 14.3. The van der Waals surface area contributed by atoms with Gasteiger partial charge in [0.15, 0.2) is 0 Å². The lowest BCUT2D eigenvalue weighted by Crippen LogP contribution is -2.14. The molecule has 3 aromatic rings. The van der Waals surface area contributed by atoms with Gasteiger partial charge in [-0.15, -0.1) is 0 Å². The normalized spacial score (nSPS) is 10.8. The van der Waals surface area contributed by atoms with Gasteiger partial charge in [0.05, 0.1) is 18.3 Å². The number of methoxy groups -OCH3 is 1. The highest BCUT2D eigenvalue weighted by Gasteiger charge is 2.10. The molecule has 0 unspecified atom stereocenters. The first-order valence-electron chi connectivity index (χ1n) is 7.98. The molecule has 0 spiro atoms. The van der Waals surface area contributed by atoms with E-state index in [0.29, 0.717) is 5.69 Å². The van der Waals surface area contributed by atoms with Gasteiger partial charge in [-0.1, -0.05) is 36.9 Å². The third kappa shape index (κ3) is 3.63. The van der Waals surface area contributed by atoms with Gasteiger partial charge in [0, 0.05) is 11.5 Å². The third-order valence-corrected chi connectivity index (χ3v) is 4.02. The van der Waals surface area contributed by atoms with Crippen LogP contribution in [0.15, 0.2) is 67.3 Å². The van der Waals surface area contributed by atoms with Crippen molar-refractivity contribution in [2.24, 2.45) is 0 Å². The Bertz CT molecular complexity index is 992. The van der Waals surface area contributed by atoms with E-state index in [4.69, 9.17) is 9.94 Å². The molecule has 2 aromatic carbocycles. The number of rotatable bonds is 5. The Balaban J connectivity index is 2.08. The number of nitrogens with zero attached hydrogens (tertiary/aromatic N) is 1. The number of aromatic nitrogens is 1. The van der Waals surface area contributed by atoms with Gasteiger partial charge in [0.25, 0.3) is 5.91 Å². The van der Waals surface area contributed by atoms with Crippen LogP contribution in [-0.4, -0.2) is 23.2 Å². The van der Waals surface area contributed by atoms with Crippen molar-refractivity contribution in [1.29, 1.82) is 0 Å². The molecule has 5 heteroatoms. The van der Waals surface area contributed by atoms with Crippen LogP contribution in [-0.2, 0) is 4.79 Å². The molecule has 2 N–H and O–H groups in total. The number of nitrogens with one attached hydrogen (secondary N) is 1. The van der Waals surface area contributed by atoms with Gasteiger partial charge in [-0.05, 0) is 47.0 Å². The summed E-state index contributed by atoms with van der Waals surface area (Å²) in [6.07, 6.45) is 2.76. The van der Waals surface area contributed by atoms with Crippen LogP contribution in [0, 0.1) is 0 Å². The Hall–Kier alpha value is -3.44. The standard InChI is InChI=1S/C21H18N2O3/c1-14(15-7-10-17(26-2)11-8-15)19-13-16(9-12-21(24)23-25)22-20-6-4-3-5-18(19)20/h3-13,25H,1H2,2H3,(H,23,24)/b12-9+. The van der Waals surface area contributed by atoms with Gasteiger partial charge in [-0.3, -0.25) is 10.0 Å². The largest absolute Gasteiger partial charge is 0.497 e. The quantitative estimate of drug-likeness (QED) is 0.418. The molecule has 1 heterocycles. The number of ether oxygens (including phenoxy) is 1. The maximum absolute atomic E-state index is 11.2. The molecule has 5 nitrogen and oxygen atoms in total. The molecule has 1 amide bonds. The van der Waals surface area contributed by atoms with Crippen LogP contribution in [0.4, 0.5) is 0 Å². The zero-order valence-electron chi connectivity index (χ0n) is 14.3. The molecule has 0 aliphatic heterocycles. The van der Waals surface area contributed by atoms with Crippen LogP contribution >= 0.6 is 0 Å². The Morgan fingerprint density at radius 1 is 1.19 bits per heavy atom. The number of carbonyl (C=O) groups excluding carboxylic acids is 1. The fourth-order valence-corrected chi connectivity index (χ4v) is 2.68. The molecule has 0 fully saturated rings. The minimum Gasteiger partial charge on any atom is -0.497 e. The number of amides is 1. The molecule has 0 saturated heterocycles. The fourth-order valence-electron chi connectivity index (χ4n) is 2.68. The summed E-state index contributed by atoms with van der Waals surface area (Å²) in [6, 6.07) is 17.3. The van der Waals surface area contributed by atoms with Crippen molar-refractivity contribution in [1.82, 2.24) is 10.5 Å². The summed E-state index contributed by atoms with van der Waals surface area (Å²) in [4.78, 5) is 15.8. The van der Waals surface area contributed by atoms with Gasteiger partial charge >= 0.3 is 0 Å². The van der Waals surface area contributed by atoms with E-state index in [1.54, 1.807) is 18.7 Å². The molecule has 0 aliphatic carbocycles. The topological polar surface area (TPSA) is 71.5 Å². The molecule has 26 heavy (non-hydrogen) atoms. The third-order valence-electron chi connectivity index (χ3n) is 4.02. The molecular weight excluding hydrogens is 328 g/mol. The fraction of sp³-hybridized carbons (Fsp3) is 0.0476. The second-order valence-electron chi connectivity index (χ2n) is 5.63. The molecule has 0 atom stereocenters. The van der Waals surface area contributed by atoms with E-state index in [1.807, 2.05) is 54.6 Å².